The van der Waals surface area contributed by atoms with E-state index in [2.05, 4.69) is 53.5 Å². The molecule has 2 N–H and O–H groups in total. The fourth-order valence-corrected chi connectivity index (χ4v) is 2.93. The molecule has 0 amide bonds. The third-order valence-electron chi connectivity index (χ3n) is 4.52. The van der Waals surface area contributed by atoms with E-state index in [4.69, 9.17) is 5.11 Å². The third-order valence-corrected chi connectivity index (χ3v) is 4.52. The van der Waals surface area contributed by atoms with Crippen LogP contribution in [0.1, 0.15) is 25.3 Å². The average molecular weight is 291 g/mol. The third kappa shape index (κ3) is 4.43. The summed E-state index contributed by atoms with van der Waals surface area (Å²) >= 11 is 0. The molecule has 1 aliphatic rings. The Morgan fingerprint density at radius 2 is 2.00 bits per heavy atom. The second-order valence-corrected chi connectivity index (χ2v) is 6.24. The molecule has 1 heterocycles. The molecule has 0 radical (unpaired) electrons. The highest BCUT2D eigenvalue weighted by Crippen LogP contribution is 2.25. The fraction of sp³-hybridized carbons (Fsp3) is 0.647. The highest BCUT2D eigenvalue weighted by Gasteiger charge is 2.22. The minimum atomic E-state index is 0.131. The predicted molar refractivity (Wildman–Crippen MR) is 88.8 cm³/mol. The summed E-state index contributed by atoms with van der Waals surface area (Å²) in [6.45, 7) is 5.33. The van der Waals surface area contributed by atoms with E-state index in [1.54, 1.807) is 0 Å². The number of likely N-dealkylation sites (tertiary alicyclic amines) is 1. The molecule has 1 fully saturated rings. The van der Waals surface area contributed by atoms with Gasteiger partial charge in [0.15, 0.2) is 0 Å². The molecule has 1 unspecified atom stereocenters. The van der Waals surface area contributed by atoms with Gasteiger partial charge < -0.3 is 20.2 Å². The highest BCUT2D eigenvalue weighted by atomic mass is 16.3. The number of hydrogen-bond donors (Lipinski definition) is 2. The SMILES string of the molecule is CC(CO)NCc1ccccc1N(C)C1CCN(C)CC1. The molecule has 0 saturated carbocycles. The molecule has 118 valence electrons. The van der Waals surface area contributed by atoms with Crippen molar-refractivity contribution in [3.8, 4) is 0 Å². The lowest BCUT2D eigenvalue weighted by molar-refractivity contribution is 0.250. The molecule has 1 aromatic rings. The Kier molecular flexibility index (Phi) is 6.03. The fourth-order valence-electron chi connectivity index (χ4n) is 2.93. The number of piperidine rings is 1. The van der Waals surface area contributed by atoms with Gasteiger partial charge in [0, 0.05) is 31.4 Å². The van der Waals surface area contributed by atoms with Crippen LogP contribution in [-0.2, 0) is 6.54 Å². The Morgan fingerprint density at radius 3 is 2.67 bits per heavy atom. The Bertz CT molecular complexity index is 430. The average Bonchev–Trinajstić information content (AvgIpc) is 2.53. The van der Waals surface area contributed by atoms with Crippen LogP contribution in [0.3, 0.4) is 0 Å². The van der Waals surface area contributed by atoms with Crippen LogP contribution in [0.25, 0.3) is 0 Å². The van der Waals surface area contributed by atoms with Crippen LogP contribution in [0, 0.1) is 0 Å². The predicted octanol–water partition coefficient (Wildman–Crippen LogP) is 1.69. The van der Waals surface area contributed by atoms with E-state index in [1.165, 1.54) is 37.2 Å². The van der Waals surface area contributed by atoms with Gasteiger partial charge in [-0.05, 0) is 51.5 Å². The van der Waals surface area contributed by atoms with E-state index in [1.807, 2.05) is 6.92 Å². The first-order chi connectivity index (χ1) is 10.1. The Balaban J connectivity index is 2.04. The number of para-hydroxylation sites is 1. The van der Waals surface area contributed by atoms with Crippen LogP contribution in [-0.4, -0.2) is 55.9 Å². The summed E-state index contributed by atoms with van der Waals surface area (Å²) in [5.41, 5.74) is 2.61. The summed E-state index contributed by atoms with van der Waals surface area (Å²) in [4.78, 5) is 4.84. The molecule has 0 aromatic heterocycles. The minimum absolute atomic E-state index is 0.131. The summed E-state index contributed by atoms with van der Waals surface area (Å²) in [5.74, 6) is 0. The lowest BCUT2D eigenvalue weighted by atomic mass is 10.0. The lowest BCUT2D eigenvalue weighted by Gasteiger charge is -2.37. The highest BCUT2D eigenvalue weighted by molar-refractivity contribution is 5.54. The van der Waals surface area contributed by atoms with E-state index in [0.29, 0.717) is 6.04 Å². The molecule has 1 aromatic carbocycles. The van der Waals surface area contributed by atoms with Crippen LogP contribution < -0.4 is 10.2 Å². The number of benzene rings is 1. The molecule has 4 heteroatoms. The second-order valence-electron chi connectivity index (χ2n) is 6.24. The molecule has 2 rings (SSSR count). The molecule has 1 atom stereocenters. The van der Waals surface area contributed by atoms with Gasteiger partial charge in [-0.15, -0.1) is 0 Å². The van der Waals surface area contributed by atoms with Crippen molar-refractivity contribution in [3.63, 3.8) is 0 Å². The Labute approximate surface area is 128 Å². The molecule has 1 saturated heterocycles. The van der Waals surface area contributed by atoms with Crippen molar-refractivity contribution in [1.29, 1.82) is 0 Å². The molecule has 4 nitrogen and oxygen atoms in total. The number of anilines is 1. The Hall–Kier alpha value is -1.10. The molecular weight excluding hydrogens is 262 g/mol. The number of nitrogens with one attached hydrogen (secondary N) is 1. The van der Waals surface area contributed by atoms with Crippen LogP contribution in [0.4, 0.5) is 5.69 Å². The quantitative estimate of drug-likeness (QED) is 0.836. The summed E-state index contributed by atoms with van der Waals surface area (Å²) < 4.78 is 0. The van der Waals surface area contributed by atoms with Crippen molar-refractivity contribution in [1.82, 2.24) is 10.2 Å². The number of aliphatic hydroxyl groups excluding tert-OH is 1. The van der Waals surface area contributed by atoms with Gasteiger partial charge in [0.1, 0.15) is 0 Å². The van der Waals surface area contributed by atoms with Crippen molar-refractivity contribution in [3.05, 3.63) is 29.8 Å². The maximum Gasteiger partial charge on any atom is 0.0582 e. The summed E-state index contributed by atoms with van der Waals surface area (Å²) in [5, 5.41) is 12.5. The molecule has 0 bridgehead atoms. The maximum absolute atomic E-state index is 9.14. The van der Waals surface area contributed by atoms with Gasteiger partial charge in [-0.3, -0.25) is 0 Å². The monoisotopic (exact) mass is 291 g/mol. The molecule has 21 heavy (non-hydrogen) atoms. The van der Waals surface area contributed by atoms with Gasteiger partial charge in [-0.1, -0.05) is 18.2 Å². The molecule has 1 aliphatic heterocycles. The van der Waals surface area contributed by atoms with Crippen molar-refractivity contribution in [2.45, 2.75) is 38.4 Å². The lowest BCUT2D eigenvalue weighted by Crippen LogP contribution is -2.42. The number of rotatable bonds is 6. The molecule has 0 aliphatic carbocycles. The van der Waals surface area contributed by atoms with E-state index in [-0.39, 0.29) is 12.6 Å². The standard InChI is InChI=1S/C17H29N3O/c1-14(13-21)18-12-15-6-4-5-7-17(15)20(3)16-8-10-19(2)11-9-16/h4-7,14,16,18,21H,8-13H2,1-3H3. The van der Waals surface area contributed by atoms with Crippen LogP contribution in [0.15, 0.2) is 24.3 Å². The van der Waals surface area contributed by atoms with Crippen LogP contribution in [0.2, 0.25) is 0 Å². The van der Waals surface area contributed by atoms with E-state index in [9.17, 15) is 0 Å². The summed E-state index contributed by atoms with van der Waals surface area (Å²) in [6, 6.07) is 9.34. The summed E-state index contributed by atoms with van der Waals surface area (Å²) in [7, 11) is 4.41. The number of aliphatic hydroxyl groups is 1. The van der Waals surface area contributed by atoms with Gasteiger partial charge in [0.2, 0.25) is 0 Å². The zero-order valence-electron chi connectivity index (χ0n) is 13.5. The Morgan fingerprint density at radius 1 is 1.33 bits per heavy atom. The van der Waals surface area contributed by atoms with E-state index < -0.39 is 0 Å². The largest absolute Gasteiger partial charge is 0.395 e. The smallest absolute Gasteiger partial charge is 0.0582 e. The van der Waals surface area contributed by atoms with Gasteiger partial charge in [-0.2, -0.15) is 0 Å². The first-order valence-corrected chi connectivity index (χ1v) is 7.95. The maximum atomic E-state index is 9.14. The van der Waals surface area contributed by atoms with E-state index >= 15 is 0 Å². The van der Waals surface area contributed by atoms with Gasteiger partial charge >= 0.3 is 0 Å². The summed E-state index contributed by atoms with van der Waals surface area (Å²) in [6.07, 6.45) is 2.45. The van der Waals surface area contributed by atoms with Crippen molar-refractivity contribution in [2.24, 2.45) is 0 Å². The van der Waals surface area contributed by atoms with E-state index in [0.717, 1.165) is 6.54 Å². The van der Waals surface area contributed by atoms with Gasteiger partial charge in [-0.25, -0.2) is 0 Å². The van der Waals surface area contributed by atoms with Crippen molar-refractivity contribution >= 4 is 5.69 Å². The van der Waals surface area contributed by atoms with Crippen molar-refractivity contribution in [2.75, 3.05) is 38.7 Å². The van der Waals surface area contributed by atoms with Gasteiger partial charge in [0.25, 0.3) is 0 Å². The second kappa shape index (κ2) is 7.78. The first-order valence-electron chi connectivity index (χ1n) is 7.95. The van der Waals surface area contributed by atoms with Gasteiger partial charge in [0.05, 0.1) is 6.61 Å². The van der Waals surface area contributed by atoms with Crippen LogP contribution in [0.5, 0.6) is 0 Å². The molecule has 0 spiro atoms. The van der Waals surface area contributed by atoms with Crippen LogP contribution >= 0.6 is 0 Å². The minimum Gasteiger partial charge on any atom is -0.395 e. The number of nitrogens with zero attached hydrogens (tertiary/aromatic N) is 2. The normalized spacial score (nSPS) is 18.7. The van der Waals surface area contributed by atoms with Crippen molar-refractivity contribution < 1.29 is 5.11 Å². The topological polar surface area (TPSA) is 38.7 Å². The number of hydrogen-bond acceptors (Lipinski definition) is 4. The molecular formula is C17H29N3O. The zero-order chi connectivity index (χ0) is 15.2. The first kappa shape index (κ1) is 16.3. The zero-order valence-corrected chi connectivity index (χ0v) is 13.5.